The third-order valence-electron chi connectivity index (χ3n) is 3.61. The molecule has 0 radical (unpaired) electrons. The Labute approximate surface area is 124 Å². The SMILES string of the molecule is CCCNCC(CCCOCC)Cc1ccc(C)cc1. The van der Waals surface area contributed by atoms with Gasteiger partial charge >= 0.3 is 0 Å². The van der Waals surface area contributed by atoms with Crippen LogP contribution < -0.4 is 5.32 Å². The molecule has 0 saturated carbocycles. The molecule has 1 aromatic rings. The van der Waals surface area contributed by atoms with Crippen LogP contribution in [0.2, 0.25) is 0 Å². The van der Waals surface area contributed by atoms with Gasteiger partial charge < -0.3 is 10.1 Å². The third kappa shape index (κ3) is 7.66. The van der Waals surface area contributed by atoms with Crippen molar-refractivity contribution in [2.24, 2.45) is 5.92 Å². The molecule has 1 aromatic carbocycles. The predicted molar refractivity (Wildman–Crippen MR) is 87.3 cm³/mol. The Morgan fingerprint density at radius 3 is 2.55 bits per heavy atom. The lowest BCUT2D eigenvalue weighted by Gasteiger charge is -2.18. The van der Waals surface area contributed by atoms with Crippen LogP contribution in [0.5, 0.6) is 0 Å². The Morgan fingerprint density at radius 2 is 1.90 bits per heavy atom. The van der Waals surface area contributed by atoms with Gasteiger partial charge in [0.1, 0.15) is 0 Å². The number of ether oxygens (including phenoxy) is 1. The van der Waals surface area contributed by atoms with Crippen LogP contribution in [0.25, 0.3) is 0 Å². The fourth-order valence-corrected chi connectivity index (χ4v) is 2.44. The lowest BCUT2D eigenvalue weighted by atomic mass is 9.94. The summed E-state index contributed by atoms with van der Waals surface area (Å²) in [6.45, 7) is 10.4. The summed E-state index contributed by atoms with van der Waals surface area (Å²) in [5.41, 5.74) is 2.79. The molecule has 0 amide bonds. The van der Waals surface area contributed by atoms with Crippen molar-refractivity contribution in [3.05, 3.63) is 35.4 Å². The fourth-order valence-electron chi connectivity index (χ4n) is 2.44. The van der Waals surface area contributed by atoms with Crippen molar-refractivity contribution < 1.29 is 4.74 Å². The Kier molecular flexibility index (Phi) is 9.35. The van der Waals surface area contributed by atoms with Crippen LogP contribution in [0.4, 0.5) is 0 Å². The van der Waals surface area contributed by atoms with Gasteiger partial charge in [-0.3, -0.25) is 0 Å². The van der Waals surface area contributed by atoms with Gasteiger partial charge in [-0.1, -0.05) is 36.8 Å². The molecular formula is C18H31NO. The second-order valence-corrected chi connectivity index (χ2v) is 5.60. The Bertz CT molecular complexity index is 334. The van der Waals surface area contributed by atoms with Crippen LogP contribution in [0.3, 0.4) is 0 Å². The van der Waals surface area contributed by atoms with E-state index in [0.29, 0.717) is 5.92 Å². The summed E-state index contributed by atoms with van der Waals surface area (Å²) < 4.78 is 5.46. The first-order valence-corrected chi connectivity index (χ1v) is 8.10. The number of aryl methyl sites for hydroxylation is 1. The van der Waals surface area contributed by atoms with Crippen LogP contribution in [0.1, 0.15) is 44.2 Å². The molecule has 0 bridgehead atoms. The molecule has 0 aliphatic heterocycles. The summed E-state index contributed by atoms with van der Waals surface area (Å²) in [7, 11) is 0. The van der Waals surface area contributed by atoms with Crippen LogP contribution in [0.15, 0.2) is 24.3 Å². The van der Waals surface area contributed by atoms with E-state index in [1.165, 1.54) is 30.4 Å². The Morgan fingerprint density at radius 1 is 1.15 bits per heavy atom. The molecule has 0 aromatic heterocycles. The van der Waals surface area contributed by atoms with Crippen LogP contribution >= 0.6 is 0 Å². The van der Waals surface area contributed by atoms with Crippen molar-refractivity contribution in [3.8, 4) is 0 Å². The smallest absolute Gasteiger partial charge is 0.0466 e. The molecule has 0 saturated heterocycles. The molecule has 2 heteroatoms. The number of rotatable bonds is 11. The highest BCUT2D eigenvalue weighted by atomic mass is 16.5. The van der Waals surface area contributed by atoms with Gasteiger partial charge in [0.05, 0.1) is 0 Å². The quantitative estimate of drug-likeness (QED) is 0.618. The van der Waals surface area contributed by atoms with Gasteiger partial charge in [-0.05, 0) is 64.1 Å². The Balaban J connectivity index is 2.41. The summed E-state index contributed by atoms with van der Waals surface area (Å²) in [5.74, 6) is 0.713. The molecule has 0 fully saturated rings. The van der Waals surface area contributed by atoms with Crippen molar-refractivity contribution in [3.63, 3.8) is 0 Å². The maximum Gasteiger partial charge on any atom is 0.0466 e. The standard InChI is InChI=1S/C18H31NO/c1-4-12-19-15-18(7-6-13-20-5-2)14-17-10-8-16(3)9-11-17/h8-11,18-19H,4-7,12-15H2,1-3H3. The number of hydrogen-bond acceptors (Lipinski definition) is 2. The van der Waals surface area contributed by atoms with E-state index < -0.39 is 0 Å². The molecule has 1 atom stereocenters. The van der Waals surface area contributed by atoms with Crippen molar-refractivity contribution in [2.45, 2.75) is 46.5 Å². The maximum atomic E-state index is 5.46. The molecule has 114 valence electrons. The molecule has 0 aliphatic rings. The molecule has 1 rings (SSSR count). The third-order valence-corrected chi connectivity index (χ3v) is 3.61. The van der Waals surface area contributed by atoms with E-state index >= 15 is 0 Å². The fraction of sp³-hybridized carbons (Fsp3) is 0.667. The highest BCUT2D eigenvalue weighted by molar-refractivity contribution is 5.21. The first-order valence-electron chi connectivity index (χ1n) is 8.10. The summed E-state index contributed by atoms with van der Waals surface area (Å²) in [5, 5.41) is 3.57. The highest BCUT2D eigenvalue weighted by Gasteiger charge is 2.09. The van der Waals surface area contributed by atoms with Crippen molar-refractivity contribution in [2.75, 3.05) is 26.3 Å². The minimum Gasteiger partial charge on any atom is -0.382 e. The molecular weight excluding hydrogens is 246 g/mol. The van der Waals surface area contributed by atoms with E-state index in [9.17, 15) is 0 Å². The average molecular weight is 277 g/mol. The molecule has 2 nitrogen and oxygen atoms in total. The molecule has 0 heterocycles. The molecule has 1 unspecified atom stereocenters. The summed E-state index contributed by atoms with van der Waals surface area (Å²) in [6.07, 6.45) is 4.78. The zero-order valence-electron chi connectivity index (χ0n) is 13.5. The highest BCUT2D eigenvalue weighted by Crippen LogP contribution is 2.15. The van der Waals surface area contributed by atoms with Crippen LogP contribution in [0, 0.1) is 12.8 Å². The zero-order valence-corrected chi connectivity index (χ0v) is 13.5. The summed E-state index contributed by atoms with van der Waals surface area (Å²) in [4.78, 5) is 0. The molecule has 20 heavy (non-hydrogen) atoms. The van der Waals surface area contributed by atoms with Gasteiger partial charge in [-0.15, -0.1) is 0 Å². The van der Waals surface area contributed by atoms with E-state index in [1.54, 1.807) is 0 Å². The number of nitrogens with one attached hydrogen (secondary N) is 1. The van der Waals surface area contributed by atoms with E-state index in [1.807, 2.05) is 0 Å². The number of hydrogen-bond donors (Lipinski definition) is 1. The first kappa shape index (κ1) is 17.2. The van der Waals surface area contributed by atoms with Gasteiger partial charge in [0.15, 0.2) is 0 Å². The topological polar surface area (TPSA) is 21.3 Å². The molecule has 0 spiro atoms. The lowest BCUT2D eigenvalue weighted by Crippen LogP contribution is -2.25. The lowest BCUT2D eigenvalue weighted by molar-refractivity contribution is 0.139. The monoisotopic (exact) mass is 277 g/mol. The number of benzene rings is 1. The maximum absolute atomic E-state index is 5.46. The zero-order chi connectivity index (χ0) is 14.6. The van der Waals surface area contributed by atoms with Crippen molar-refractivity contribution in [1.29, 1.82) is 0 Å². The predicted octanol–water partition coefficient (Wildman–Crippen LogP) is 3.97. The van der Waals surface area contributed by atoms with Gasteiger partial charge in [0, 0.05) is 13.2 Å². The van der Waals surface area contributed by atoms with Crippen molar-refractivity contribution in [1.82, 2.24) is 5.32 Å². The van der Waals surface area contributed by atoms with E-state index in [4.69, 9.17) is 4.74 Å². The van der Waals surface area contributed by atoms with E-state index in [-0.39, 0.29) is 0 Å². The largest absolute Gasteiger partial charge is 0.382 e. The molecule has 0 aliphatic carbocycles. The van der Waals surface area contributed by atoms with Crippen LogP contribution in [-0.2, 0) is 11.2 Å². The normalized spacial score (nSPS) is 12.6. The minimum atomic E-state index is 0.713. The minimum absolute atomic E-state index is 0.713. The first-order chi connectivity index (χ1) is 9.76. The van der Waals surface area contributed by atoms with Gasteiger partial charge in [-0.25, -0.2) is 0 Å². The van der Waals surface area contributed by atoms with Crippen molar-refractivity contribution >= 4 is 0 Å². The van der Waals surface area contributed by atoms with Crippen LogP contribution in [-0.4, -0.2) is 26.3 Å². The van der Waals surface area contributed by atoms with Gasteiger partial charge in [-0.2, -0.15) is 0 Å². The van der Waals surface area contributed by atoms with E-state index in [0.717, 1.165) is 32.7 Å². The summed E-state index contributed by atoms with van der Waals surface area (Å²) in [6, 6.07) is 8.97. The van der Waals surface area contributed by atoms with E-state index in [2.05, 4.69) is 50.4 Å². The van der Waals surface area contributed by atoms with Gasteiger partial charge in [0.2, 0.25) is 0 Å². The second-order valence-electron chi connectivity index (χ2n) is 5.60. The molecule has 1 N–H and O–H groups in total. The average Bonchev–Trinajstić information content (AvgIpc) is 2.46. The Hall–Kier alpha value is -0.860. The summed E-state index contributed by atoms with van der Waals surface area (Å²) >= 11 is 0. The second kappa shape index (κ2) is 10.9. The van der Waals surface area contributed by atoms with Gasteiger partial charge in [0.25, 0.3) is 0 Å².